The van der Waals surface area contributed by atoms with E-state index >= 15 is 0 Å². The fourth-order valence-electron chi connectivity index (χ4n) is 4.93. The van der Waals surface area contributed by atoms with E-state index in [1.54, 1.807) is 30.2 Å². The Bertz CT molecular complexity index is 1420. The van der Waals surface area contributed by atoms with E-state index in [-0.39, 0.29) is 11.8 Å². The molecule has 1 aliphatic rings. The molecule has 2 heterocycles. The summed E-state index contributed by atoms with van der Waals surface area (Å²) < 4.78 is 5.14. The molecule has 184 valence electrons. The van der Waals surface area contributed by atoms with E-state index in [1.165, 1.54) is 0 Å². The molecule has 6 nitrogen and oxygen atoms in total. The lowest BCUT2D eigenvalue weighted by Crippen LogP contribution is -2.47. The number of halogens is 2. The molecule has 0 aliphatic carbocycles. The van der Waals surface area contributed by atoms with Crippen LogP contribution in [0.1, 0.15) is 39.0 Å². The van der Waals surface area contributed by atoms with Crippen molar-refractivity contribution < 1.29 is 14.3 Å². The molecule has 0 bridgehead atoms. The summed E-state index contributed by atoms with van der Waals surface area (Å²) in [6.45, 7) is 1.07. The summed E-state index contributed by atoms with van der Waals surface area (Å²) >= 11 is 12.5. The van der Waals surface area contributed by atoms with Crippen molar-refractivity contribution in [1.29, 1.82) is 0 Å². The van der Waals surface area contributed by atoms with Crippen LogP contribution in [0.4, 0.5) is 0 Å². The van der Waals surface area contributed by atoms with Crippen LogP contribution in [0.3, 0.4) is 0 Å². The lowest BCUT2D eigenvalue weighted by molar-refractivity contribution is -0.124. The Morgan fingerprint density at radius 1 is 1.03 bits per heavy atom. The minimum absolute atomic E-state index is 0.136. The Hall–Kier alpha value is -3.32. The predicted molar refractivity (Wildman–Crippen MR) is 141 cm³/mol. The standard InChI is InChI=1S/C28H25Cl2N3O3/c1-36-13-12-31-27(34)25-20-4-2-3-5-21(20)28(35)33(16-17-6-8-18(29)9-7-17)26(25)23-15-32-24-11-10-19(30)14-22(23)24/h2-11,14-15,25-26,32H,12-13,16H2,1H3,(H,31,34). The average Bonchev–Trinajstić information content (AvgIpc) is 3.29. The van der Waals surface area contributed by atoms with Gasteiger partial charge in [-0.15, -0.1) is 0 Å². The summed E-state index contributed by atoms with van der Waals surface area (Å²) in [6, 6.07) is 19.7. The fourth-order valence-corrected chi connectivity index (χ4v) is 5.23. The van der Waals surface area contributed by atoms with Crippen LogP contribution in [-0.2, 0) is 16.1 Å². The number of rotatable bonds is 7. The quantitative estimate of drug-likeness (QED) is 0.305. The van der Waals surface area contributed by atoms with Crippen LogP contribution < -0.4 is 5.32 Å². The molecule has 2 amide bonds. The molecule has 36 heavy (non-hydrogen) atoms. The highest BCUT2D eigenvalue weighted by atomic mass is 35.5. The van der Waals surface area contributed by atoms with E-state index in [1.807, 2.05) is 54.7 Å². The highest BCUT2D eigenvalue weighted by molar-refractivity contribution is 6.31. The number of hydrogen-bond donors (Lipinski definition) is 2. The van der Waals surface area contributed by atoms with Crippen LogP contribution in [0, 0.1) is 0 Å². The molecular formula is C28H25Cl2N3O3. The molecule has 0 spiro atoms. The Kier molecular flexibility index (Phi) is 7.01. The van der Waals surface area contributed by atoms with Gasteiger partial charge in [-0.05, 0) is 47.5 Å². The van der Waals surface area contributed by atoms with Gasteiger partial charge in [0.05, 0.1) is 18.6 Å². The molecule has 1 aliphatic heterocycles. The molecule has 2 atom stereocenters. The first kappa shape index (κ1) is 24.4. The van der Waals surface area contributed by atoms with Gasteiger partial charge in [-0.2, -0.15) is 0 Å². The number of methoxy groups -OCH3 is 1. The highest BCUT2D eigenvalue weighted by Gasteiger charge is 2.44. The molecule has 2 unspecified atom stereocenters. The van der Waals surface area contributed by atoms with Crippen molar-refractivity contribution in [1.82, 2.24) is 15.2 Å². The van der Waals surface area contributed by atoms with E-state index in [2.05, 4.69) is 10.3 Å². The van der Waals surface area contributed by atoms with Crippen molar-refractivity contribution in [3.63, 3.8) is 0 Å². The number of nitrogens with zero attached hydrogens (tertiary/aromatic N) is 1. The van der Waals surface area contributed by atoms with Gasteiger partial charge in [0.1, 0.15) is 0 Å². The summed E-state index contributed by atoms with van der Waals surface area (Å²) in [7, 11) is 1.59. The first-order chi connectivity index (χ1) is 17.5. The number of amides is 2. The number of aromatic amines is 1. The van der Waals surface area contributed by atoms with Gasteiger partial charge in [-0.25, -0.2) is 0 Å². The van der Waals surface area contributed by atoms with E-state index < -0.39 is 12.0 Å². The van der Waals surface area contributed by atoms with Crippen molar-refractivity contribution in [2.45, 2.75) is 18.5 Å². The van der Waals surface area contributed by atoms with Crippen molar-refractivity contribution in [3.8, 4) is 0 Å². The Morgan fingerprint density at radius 2 is 1.78 bits per heavy atom. The molecular weight excluding hydrogens is 497 g/mol. The summed E-state index contributed by atoms with van der Waals surface area (Å²) in [6.07, 6.45) is 1.87. The molecule has 5 rings (SSSR count). The van der Waals surface area contributed by atoms with E-state index in [0.29, 0.717) is 40.9 Å². The molecule has 0 saturated carbocycles. The Balaban J connectivity index is 1.68. The lowest BCUT2D eigenvalue weighted by Gasteiger charge is -2.41. The third kappa shape index (κ3) is 4.60. The number of benzene rings is 3. The zero-order chi connectivity index (χ0) is 25.2. The number of carbonyl (C=O) groups is 2. The van der Waals surface area contributed by atoms with Crippen molar-refractivity contribution in [2.75, 3.05) is 20.3 Å². The number of ether oxygens (including phenoxy) is 1. The van der Waals surface area contributed by atoms with Gasteiger partial charge in [-0.1, -0.05) is 53.5 Å². The summed E-state index contributed by atoms with van der Waals surface area (Å²) in [5, 5.41) is 5.07. The maximum absolute atomic E-state index is 13.9. The van der Waals surface area contributed by atoms with Crippen molar-refractivity contribution in [3.05, 3.63) is 105 Å². The average molecular weight is 522 g/mol. The summed E-state index contributed by atoms with van der Waals surface area (Å²) in [5.74, 6) is -0.946. The van der Waals surface area contributed by atoms with Crippen molar-refractivity contribution >= 4 is 45.9 Å². The van der Waals surface area contributed by atoms with Crippen LogP contribution in [0.25, 0.3) is 10.9 Å². The van der Waals surface area contributed by atoms with Gasteiger partial charge in [0.25, 0.3) is 5.91 Å². The summed E-state index contributed by atoms with van der Waals surface area (Å²) in [5.41, 5.74) is 3.84. The molecule has 2 N–H and O–H groups in total. The minimum Gasteiger partial charge on any atom is -0.383 e. The number of aromatic nitrogens is 1. The molecule has 0 saturated heterocycles. The van der Waals surface area contributed by atoms with Crippen LogP contribution in [0.15, 0.2) is 72.9 Å². The van der Waals surface area contributed by atoms with Crippen LogP contribution in [-0.4, -0.2) is 42.0 Å². The first-order valence-electron chi connectivity index (χ1n) is 11.7. The number of H-pyrrole nitrogens is 1. The second-order valence-electron chi connectivity index (χ2n) is 8.79. The second kappa shape index (κ2) is 10.3. The molecule has 4 aromatic rings. The van der Waals surface area contributed by atoms with Crippen molar-refractivity contribution in [2.24, 2.45) is 0 Å². The van der Waals surface area contributed by atoms with Crippen LogP contribution >= 0.6 is 23.2 Å². The summed E-state index contributed by atoms with van der Waals surface area (Å²) in [4.78, 5) is 32.7. The first-order valence-corrected chi connectivity index (χ1v) is 12.4. The normalized spacial score (nSPS) is 17.3. The maximum atomic E-state index is 13.9. The van der Waals surface area contributed by atoms with E-state index in [0.717, 1.165) is 22.0 Å². The van der Waals surface area contributed by atoms with Gasteiger partial charge in [0.15, 0.2) is 0 Å². The Labute approximate surface area is 219 Å². The van der Waals surface area contributed by atoms with Gasteiger partial charge in [0, 0.05) is 58.5 Å². The largest absolute Gasteiger partial charge is 0.383 e. The van der Waals surface area contributed by atoms with Gasteiger partial charge in [0.2, 0.25) is 5.91 Å². The van der Waals surface area contributed by atoms with Gasteiger partial charge >= 0.3 is 0 Å². The predicted octanol–water partition coefficient (Wildman–Crippen LogP) is 5.72. The zero-order valence-corrected chi connectivity index (χ0v) is 21.1. The maximum Gasteiger partial charge on any atom is 0.255 e. The SMILES string of the molecule is COCCNC(=O)C1c2ccccc2C(=O)N(Cc2ccc(Cl)cc2)C1c1c[nH]c2ccc(Cl)cc12. The molecule has 0 fully saturated rings. The minimum atomic E-state index is -0.638. The molecule has 3 aromatic carbocycles. The number of nitrogens with one attached hydrogen (secondary N) is 2. The highest BCUT2D eigenvalue weighted by Crippen LogP contribution is 2.45. The third-order valence-electron chi connectivity index (χ3n) is 6.59. The van der Waals surface area contributed by atoms with Crippen LogP contribution in [0.2, 0.25) is 10.0 Å². The second-order valence-corrected chi connectivity index (χ2v) is 9.66. The van der Waals surface area contributed by atoms with Crippen LogP contribution in [0.5, 0.6) is 0 Å². The molecule has 1 aromatic heterocycles. The number of hydrogen-bond acceptors (Lipinski definition) is 3. The monoisotopic (exact) mass is 521 g/mol. The fraction of sp³-hybridized carbons (Fsp3) is 0.214. The van der Waals surface area contributed by atoms with Gasteiger partial charge < -0.3 is 19.9 Å². The third-order valence-corrected chi connectivity index (χ3v) is 7.07. The number of fused-ring (bicyclic) bond motifs is 2. The smallest absolute Gasteiger partial charge is 0.255 e. The Morgan fingerprint density at radius 3 is 2.56 bits per heavy atom. The molecule has 8 heteroatoms. The topological polar surface area (TPSA) is 74.4 Å². The zero-order valence-electron chi connectivity index (χ0n) is 19.6. The number of carbonyl (C=O) groups excluding carboxylic acids is 2. The van der Waals surface area contributed by atoms with Gasteiger partial charge in [-0.3, -0.25) is 9.59 Å². The van der Waals surface area contributed by atoms with E-state index in [9.17, 15) is 9.59 Å². The van der Waals surface area contributed by atoms with E-state index in [4.69, 9.17) is 27.9 Å². The lowest BCUT2D eigenvalue weighted by atomic mass is 9.79. The molecule has 0 radical (unpaired) electrons.